The number of ether oxygens (including phenoxy) is 1. The summed E-state index contributed by atoms with van der Waals surface area (Å²) in [5.41, 5.74) is 0.0648. The summed E-state index contributed by atoms with van der Waals surface area (Å²) in [6.45, 7) is 6.69. The molecule has 1 atom stereocenters. The Morgan fingerprint density at radius 2 is 2.15 bits per heavy atom. The summed E-state index contributed by atoms with van der Waals surface area (Å²) in [5, 5.41) is 15.4. The highest BCUT2D eigenvalue weighted by Gasteiger charge is 2.16. The highest BCUT2D eigenvalue weighted by atomic mass is 16.5. The number of rotatable bonds is 8. The topological polar surface area (TPSA) is 93.5 Å². The van der Waals surface area contributed by atoms with Crippen LogP contribution in [0, 0.1) is 0 Å². The van der Waals surface area contributed by atoms with Crippen molar-refractivity contribution >= 4 is 11.9 Å². The van der Waals surface area contributed by atoms with Crippen LogP contribution in [0.4, 0.5) is 0 Å². The zero-order chi connectivity index (χ0) is 15.1. The highest BCUT2D eigenvalue weighted by Crippen LogP contribution is 2.06. The quantitative estimate of drug-likeness (QED) is 0.696. The lowest BCUT2D eigenvalue weighted by molar-refractivity contribution is -0.124. The second-order valence-corrected chi connectivity index (χ2v) is 4.75. The van der Waals surface area contributed by atoms with E-state index in [1.54, 1.807) is 6.92 Å². The van der Waals surface area contributed by atoms with Gasteiger partial charge in [0.1, 0.15) is 6.04 Å². The molecule has 20 heavy (non-hydrogen) atoms. The second-order valence-electron chi connectivity index (χ2n) is 4.75. The number of hydrogen-bond donors (Lipinski definition) is 2. The Hall–Kier alpha value is -1.89. The summed E-state index contributed by atoms with van der Waals surface area (Å²) in [6.07, 6.45) is 3.48. The fourth-order valence-electron chi connectivity index (χ4n) is 1.53. The van der Waals surface area contributed by atoms with Crippen LogP contribution >= 0.6 is 0 Å². The van der Waals surface area contributed by atoms with Crippen molar-refractivity contribution in [3.05, 3.63) is 18.0 Å². The normalized spacial score (nSPS) is 12.4. The fourth-order valence-corrected chi connectivity index (χ4v) is 1.53. The molecule has 1 heterocycles. The first-order chi connectivity index (χ1) is 9.41. The van der Waals surface area contributed by atoms with Gasteiger partial charge in [-0.2, -0.15) is 5.10 Å². The van der Waals surface area contributed by atoms with Crippen LogP contribution in [0.15, 0.2) is 12.4 Å². The van der Waals surface area contributed by atoms with E-state index in [9.17, 15) is 9.59 Å². The Morgan fingerprint density at radius 1 is 1.45 bits per heavy atom. The van der Waals surface area contributed by atoms with E-state index in [1.807, 2.05) is 13.8 Å². The van der Waals surface area contributed by atoms with Gasteiger partial charge in [0, 0.05) is 19.3 Å². The Morgan fingerprint density at radius 3 is 2.70 bits per heavy atom. The van der Waals surface area contributed by atoms with Gasteiger partial charge in [-0.15, -0.1) is 0 Å². The summed E-state index contributed by atoms with van der Waals surface area (Å²) in [5.74, 6) is -1.26. The Kier molecular flexibility index (Phi) is 6.17. The van der Waals surface area contributed by atoms with E-state index in [1.165, 1.54) is 17.1 Å². The Labute approximate surface area is 117 Å². The highest BCUT2D eigenvalue weighted by molar-refractivity contribution is 5.87. The van der Waals surface area contributed by atoms with E-state index < -0.39 is 12.0 Å². The fraction of sp³-hybridized carbons (Fsp3) is 0.615. The lowest BCUT2D eigenvalue weighted by atomic mass is 10.3. The molecule has 0 spiro atoms. The van der Waals surface area contributed by atoms with Gasteiger partial charge in [-0.25, -0.2) is 4.79 Å². The summed E-state index contributed by atoms with van der Waals surface area (Å²) in [7, 11) is 0. The first kappa shape index (κ1) is 16.2. The van der Waals surface area contributed by atoms with E-state index >= 15 is 0 Å². The molecule has 7 heteroatoms. The lowest BCUT2D eigenvalue weighted by Crippen LogP contribution is -2.32. The van der Waals surface area contributed by atoms with Crippen molar-refractivity contribution < 1.29 is 19.4 Å². The van der Waals surface area contributed by atoms with Crippen LogP contribution in [-0.2, 0) is 9.53 Å². The Bertz CT molecular complexity index is 456. The monoisotopic (exact) mass is 283 g/mol. The average molecular weight is 283 g/mol. The van der Waals surface area contributed by atoms with Crippen LogP contribution in [0.2, 0.25) is 0 Å². The summed E-state index contributed by atoms with van der Waals surface area (Å²) >= 11 is 0. The molecule has 2 N–H and O–H groups in total. The van der Waals surface area contributed by atoms with Crippen LogP contribution in [0.5, 0.6) is 0 Å². The molecule has 1 amide bonds. The maximum absolute atomic E-state index is 11.9. The SMILES string of the molecule is CC(C)OCCCNC(=O)C(C)n1cc(C(=O)O)cn1. The number of carboxylic acids is 1. The van der Waals surface area contributed by atoms with Crippen molar-refractivity contribution in [2.24, 2.45) is 0 Å². The number of carboxylic acid groups (broad SMARTS) is 1. The molecule has 1 aromatic heterocycles. The number of carbonyl (C=O) groups excluding carboxylic acids is 1. The summed E-state index contributed by atoms with van der Waals surface area (Å²) in [4.78, 5) is 22.6. The zero-order valence-corrected chi connectivity index (χ0v) is 12.0. The predicted molar refractivity (Wildman–Crippen MR) is 72.6 cm³/mol. The molecule has 0 saturated heterocycles. The first-order valence-electron chi connectivity index (χ1n) is 6.58. The van der Waals surface area contributed by atoms with E-state index in [-0.39, 0.29) is 17.6 Å². The van der Waals surface area contributed by atoms with Gasteiger partial charge in [0.25, 0.3) is 0 Å². The largest absolute Gasteiger partial charge is 0.478 e. The molecule has 1 unspecified atom stereocenters. The van der Waals surface area contributed by atoms with Crippen molar-refractivity contribution in [3.63, 3.8) is 0 Å². The van der Waals surface area contributed by atoms with Gasteiger partial charge < -0.3 is 15.2 Å². The van der Waals surface area contributed by atoms with Gasteiger partial charge in [0.2, 0.25) is 5.91 Å². The minimum absolute atomic E-state index is 0.0648. The molecule has 7 nitrogen and oxygen atoms in total. The van der Waals surface area contributed by atoms with E-state index in [2.05, 4.69) is 10.4 Å². The molecule has 112 valence electrons. The number of amides is 1. The van der Waals surface area contributed by atoms with Gasteiger partial charge in [-0.1, -0.05) is 0 Å². The van der Waals surface area contributed by atoms with Crippen molar-refractivity contribution in [2.75, 3.05) is 13.2 Å². The van der Waals surface area contributed by atoms with Gasteiger partial charge in [-0.3, -0.25) is 9.48 Å². The molecular formula is C13H21N3O4. The zero-order valence-electron chi connectivity index (χ0n) is 12.0. The maximum Gasteiger partial charge on any atom is 0.338 e. The molecule has 0 aliphatic carbocycles. The smallest absolute Gasteiger partial charge is 0.338 e. The summed E-state index contributed by atoms with van der Waals surface area (Å²) in [6, 6.07) is -0.547. The van der Waals surface area contributed by atoms with Gasteiger partial charge in [0.15, 0.2) is 0 Å². The molecular weight excluding hydrogens is 262 g/mol. The van der Waals surface area contributed by atoms with Gasteiger partial charge in [0.05, 0.1) is 17.9 Å². The second kappa shape index (κ2) is 7.64. The minimum atomic E-state index is -1.06. The van der Waals surface area contributed by atoms with Crippen molar-refractivity contribution in [2.45, 2.75) is 39.3 Å². The van der Waals surface area contributed by atoms with Crippen LogP contribution < -0.4 is 5.32 Å². The third kappa shape index (κ3) is 5.00. The average Bonchev–Trinajstić information content (AvgIpc) is 2.86. The van der Waals surface area contributed by atoms with Gasteiger partial charge in [-0.05, 0) is 27.2 Å². The van der Waals surface area contributed by atoms with Crippen molar-refractivity contribution in [1.29, 1.82) is 0 Å². The molecule has 0 aromatic carbocycles. The molecule has 0 bridgehead atoms. The number of aromatic nitrogens is 2. The molecule has 0 aliphatic rings. The van der Waals surface area contributed by atoms with Crippen LogP contribution in [-0.4, -0.2) is 46.0 Å². The number of hydrogen-bond acceptors (Lipinski definition) is 4. The standard InChI is InChI=1S/C13H21N3O4/c1-9(2)20-6-4-5-14-12(17)10(3)16-8-11(7-15-16)13(18)19/h7-10H,4-6H2,1-3H3,(H,14,17)(H,18,19). The number of nitrogens with zero attached hydrogens (tertiary/aromatic N) is 2. The third-order valence-corrected chi connectivity index (χ3v) is 2.70. The van der Waals surface area contributed by atoms with Gasteiger partial charge >= 0.3 is 5.97 Å². The number of aromatic carboxylic acids is 1. The molecule has 1 aromatic rings. The van der Waals surface area contributed by atoms with Crippen LogP contribution in [0.25, 0.3) is 0 Å². The van der Waals surface area contributed by atoms with E-state index in [0.29, 0.717) is 13.2 Å². The van der Waals surface area contributed by atoms with E-state index in [4.69, 9.17) is 9.84 Å². The van der Waals surface area contributed by atoms with Crippen molar-refractivity contribution in [3.8, 4) is 0 Å². The maximum atomic E-state index is 11.9. The molecule has 1 rings (SSSR count). The van der Waals surface area contributed by atoms with Crippen molar-refractivity contribution in [1.82, 2.24) is 15.1 Å². The lowest BCUT2D eigenvalue weighted by Gasteiger charge is -2.13. The Balaban J connectivity index is 2.36. The molecule has 0 saturated carbocycles. The molecule has 0 fully saturated rings. The van der Waals surface area contributed by atoms with Crippen LogP contribution in [0.1, 0.15) is 43.6 Å². The summed E-state index contributed by atoms with van der Waals surface area (Å²) < 4.78 is 6.70. The predicted octanol–water partition coefficient (Wildman–Crippen LogP) is 1.07. The van der Waals surface area contributed by atoms with Crippen LogP contribution in [0.3, 0.4) is 0 Å². The van der Waals surface area contributed by atoms with E-state index in [0.717, 1.165) is 6.42 Å². The molecule has 0 aliphatic heterocycles. The molecule has 0 radical (unpaired) electrons. The number of carbonyl (C=O) groups is 2. The number of nitrogens with one attached hydrogen (secondary N) is 1. The third-order valence-electron chi connectivity index (χ3n) is 2.70. The first-order valence-corrected chi connectivity index (χ1v) is 6.58. The minimum Gasteiger partial charge on any atom is -0.478 e.